The number of aliphatic hydroxyl groups excluding tert-OH is 1. The Morgan fingerprint density at radius 3 is 2.57 bits per heavy atom. The summed E-state index contributed by atoms with van der Waals surface area (Å²) < 4.78 is 24.5. The molecular weight excluding hydrogens is 273 g/mol. The van der Waals surface area contributed by atoms with Crippen LogP contribution in [0.5, 0.6) is 17.2 Å². The zero-order valence-corrected chi connectivity index (χ0v) is 11.6. The van der Waals surface area contributed by atoms with Crippen molar-refractivity contribution in [2.75, 3.05) is 7.11 Å². The van der Waals surface area contributed by atoms with Crippen molar-refractivity contribution in [2.45, 2.75) is 13.0 Å². The first-order valence-electron chi connectivity index (χ1n) is 6.28. The molecule has 2 rings (SSSR count). The van der Waals surface area contributed by atoms with Gasteiger partial charge in [-0.2, -0.15) is 5.26 Å². The molecule has 108 valence electrons. The Bertz CT molecular complexity index is 692. The largest absolute Gasteiger partial charge is 0.497 e. The molecular formula is C16H14FNO3. The lowest BCUT2D eigenvalue weighted by Crippen LogP contribution is -1.99. The standard InChI is InChI=1S/C16H14FNO3/c1-10(19)14-4-3-5-15(17)16(14)21-13-7-11(9-18)6-12(8-13)20-2/h3-8,10,19H,1-2H3/t10-/m1/s1. The molecule has 0 aliphatic heterocycles. The zero-order valence-electron chi connectivity index (χ0n) is 11.6. The molecule has 0 amide bonds. The molecule has 0 bridgehead atoms. The fourth-order valence-corrected chi connectivity index (χ4v) is 1.89. The number of ether oxygens (including phenoxy) is 2. The third-order valence-electron chi connectivity index (χ3n) is 2.91. The van der Waals surface area contributed by atoms with Gasteiger partial charge in [0.25, 0.3) is 0 Å². The second-order valence-electron chi connectivity index (χ2n) is 4.45. The molecule has 0 saturated carbocycles. The van der Waals surface area contributed by atoms with Gasteiger partial charge in [0.15, 0.2) is 11.6 Å². The quantitative estimate of drug-likeness (QED) is 0.934. The van der Waals surface area contributed by atoms with E-state index < -0.39 is 11.9 Å². The van der Waals surface area contributed by atoms with Gasteiger partial charge in [0.05, 0.1) is 24.8 Å². The van der Waals surface area contributed by atoms with E-state index in [1.807, 2.05) is 6.07 Å². The smallest absolute Gasteiger partial charge is 0.168 e. The van der Waals surface area contributed by atoms with Crippen molar-refractivity contribution in [2.24, 2.45) is 0 Å². The van der Waals surface area contributed by atoms with Gasteiger partial charge in [-0.3, -0.25) is 0 Å². The number of halogens is 1. The molecule has 0 aliphatic carbocycles. The van der Waals surface area contributed by atoms with Crippen LogP contribution in [0.15, 0.2) is 36.4 Å². The minimum absolute atomic E-state index is 0.0651. The Kier molecular flexibility index (Phi) is 4.41. The maximum atomic E-state index is 13.9. The summed E-state index contributed by atoms with van der Waals surface area (Å²) in [4.78, 5) is 0. The SMILES string of the molecule is COc1cc(C#N)cc(Oc2c(F)cccc2[C@@H](C)O)c1. The average Bonchev–Trinajstić information content (AvgIpc) is 2.48. The normalized spacial score (nSPS) is 11.6. The van der Waals surface area contributed by atoms with E-state index in [2.05, 4.69) is 0 Å². The van der Waals surface area contributed by atoms with Gasteiger partial charge in [-0.25, -0.2) is 4.39 Å². The number of nitrogens with zero attached hydrogens (tertiary/aromatic N) is 1. The number of benzene rings is 2. The van der Waals surface area contributed by atoms with Crippen LogP contribution in [-0.4, -0.2) is 12.2 Å². The Morgan fingerprint density at radius 1 is 1.24 bits per heavy atom. The van der Waals surface area contributed by atoms with Crippen LogP contribution in [0.2, 0.25) is 0 Å². The molecule has 2 aromatic rings. The number of para-hydroxylation sites is 1. The van der Waals surface area contributed by atoms with Gasteiger partial charge in [-0.05, 0) is 25.1 Å². The third kappa shape index (κ3) is 3.30. The van der Waals surface area contributed by atoms with Crippen molar-refractivity contribution >= 4 is 0 Å². The lowest BCUT2D eigenvalue weighted by molar-refractivity contribution is 0.194. The highest BCUT2D eigenvalue weighted by atomic mass is 19.1. The maximum Gasteiger partial charge on any atom is 0.168 e. The highest BCUT2D eigenvalue weighted by molar-refractivity contribution is 5.47. The van der Waals surface area contributed by atoms with E-state index in [-0.39, 0.29) is 11.5 Å². The van der Waals surface area contributed by atoms with E-state index >= 15 is 0 Å². The topological polar surface area (TPSA) is 62.5 Å². The number of nitriles is 1. The summed E-state index contributed by atoms with van der Waals surface area (Å²) in [5, 5.41) is 18.7. The van der Waals surface area contributed by atoms with Crippen molar-refractivity contribution in [1.82, 2.24) is 0 Å². The first-order chi connectivity index (χ1) is 10.0. The highest BCUT2D eigenvalue weighted by Crippen LogP contribution is 2.34. The summed E-state index contributed by atoms with van der Waals surface area (Å²) >= 11 is 0. The Hall–Kier alpha value is -2.58. The van der Waals surface area contributed by atoms with Crippen LogP contribution >= 0.6 is 0 Å². The molecule has 5 heteroatoms. The summed E-state index contributed by atoms with van der Waals surface area (Å²) in [5.41, 5.74) is 0.663. The number of aliphatic hydroxyl groups is 1. The summed E-state index contributed by atoms with van der Waals surface area (Å²) in [6.07, 6.45) is -0.878. The second-order valence-corrected chi connectivity index (χ2v) is 4.45. The van der Waals surface area contributed by atoms with Gasteiger partial charge in [-0.1, -0.05) is 12.1 Å². The summed E-state index contributed by atoms with van der Waals surface area (Å²) in [6.45, 7) is 1.52. The Morgan fingerprint density at radius 2 is 1.95 bits per heavy atom. The van der Waals surface area contributed by atoms with Gasteiger partial charge in [0, 0.05) is 11.6 Å². The first kappa shape index (κ1) is 14.8. The second kappa shape index (κ2) is 6.25. The third-order valence-corrected chi connectivity index (χ3v) is 2.91. The predicted molar refractivity (Wildman–Crippen MR) is 74.8 cm³/mol. The van der Waals surface area contributed by atoms with Crippen molar-refractivity contribution in [3.8, 4) is 23.3 Å². The van der Waals surface area contributed by atoms with Crippen LogP contribution in [0, 0.1) is 17.1 Å². The van der Waals surface area contributed by atoms with Gasteiger partial charge >= 0.3 is 0 Å². The van der Waals surface area contributed by atoms with Crippen molar-refractivity contribution in [1.29, 1.82) is 5.26 Å². The van der Waals surface area contributed by atoms with E-state index in [0.29, 0.717) is 16.9 Å². The predicted octanol–water partition coefficient (Wildman–Crippen LogP) is 3.55. The molecule has 1 atom stereocenters. The Balaban J connectivity index is 2.45. The van der Waals surface area contributed by atoms with Crippen molar-refractivity contribution < 1.29 is 19.0 Å². The maximum absolute atomic E-state index is 13.9. The molecule has 0 aromatic heterocycles. The molecule has 0 heterocycles. The molecule has 0 radical (unpaired) electrons. The van der Waals surface area contributed by atoms with E-state index in [4.69, 9.17) is 14.7 Å². The molecule has 2 aromatic carbocycles. The monoisotopic (exact) mass is 287 g/mol. The highest BCUT2D eigenvalue weighted by Gasteiger charge is 2.15. The lowest BCUT2D eigenvalue weighted by Gasteiger charge is -2.14. The fourth-order valence-electron chi connectivity index (χ4n) is 1.89. The molecule has 0 unspecified atom stereocenters. The number of rotatable bonds is 4. The number of hydrogen-bond acceptors (Lipinski definition) is 4. The molecule has 0 aliphatic rings. The summed E-state index contributed by atoms with van der Waals surface area (Å²) in [6, 6.07) is 10.9. The lowest BCUT2D eigenvalue weighted by atomic mass is 10.1. The van der Waals surface area contributed by atoms with Crippen molar-refractivity contribution in [3.63, 3.8) is 0 Å². The van der Waals surface area contributed by atoms with Crippen LogP contribution < -0.4 is 9.47 Å². The van der Waals surface area contributed by atoms with E-state index in [1.165, 1.54) is 32.2 Å². The van der Waals surface area contributed by atoms with Gasteiger partial charge in [0.2, 0.25) is 0 Å². The van der Waals surface area contributed by atoms with Gasteiger partial charge in [-0.15, -0.1) is 0 Å². The van der Waals surface area contributed by atoms with Crippen LogP contribution in [-0.2, 0) is 0 Å². The minimum Gasteiger partial charge on any atom is -0.497 e. The Labute approximate surface area is 122 Å². The summed E-state index contributed by atoms with van der Waals surface area (Å²) in [5.74, 6) is 0.0382. The van der Waals surface area contributed by atoms with Crippen LogP contribution in [0.1, 0.15) is 24.2 Å². The molecule has 4 nitrogen and oxygen atoms in total. The van der Waals surface area contributed by atoms with E-state index in [9.17, 15) is 9.50 Å². The van der Waals surface area contributed by atoms with Gasteiger partial charge in [0.1, 0.15) is 11.5 Å². The molecule has 1 N–H and O–H groups in total. The van der Waals surface area contributed by atoms with E-state index in [1.54, 1.807) is 18.2 Å². The van der Waals surface area contributed by atoms with Crippen LogP contribution in [0.4, 0.5) is 4.39 Å². The van der Waals surface area contributed by atoms with Crippen molar-refractivity contribution in [3.05, 3.63) is 53.3 Å². The zero-order chi connectivity index (χ0) is 15.4. The average molecular weight is 287 g/mol. The van der Waals surface area contributed by atoms with E-state index in [0.717, 1.165) is 0 Å². The molecule has 0 saturated heterocycles. The molecule has 21 heavy (non-hydrogen) atoms. The van der Waals surface area contributed by atoms with Crippen LogP contribution in [0.25, 0.3) is 0 Å². The van der Waals surface area contributed by atoms with Crippen LogP contribution in [0.3, 0.4) is 0 Å². The molecule has 0 spiro atoms. The minimum atomic E-state index is -0.878. The number of hydrogen-bond donors (Lipinski definition) is 1. The molecule has 0 fully saturated rings. The summed E-state index contributed by atoms with van der Waals surface area (Å²) in [7, 11) is 1.46. The van der Waals surface area contributed by atoms with Gasteiger partial charge < -0.3 is 14.6 Å². The number of methoxy groups -OCH3 is 1. The first-order valence-corrected chi connectivity index (χ1v) is 6.28. The fraction of sp³-hybridized carbons (Fsp3) is 0.188.